The number of nitriles is 1. The number of fused-ring (bicyclic) bond motifs is 1. The highest BCUT2D eigenvalue weighted by Gasteiger charge is 2.17. The van der Waals surface area contributed by atoms with Crippen molar-refractivity contribution < 1.29 is 9.53 Å². The minimum absolute atomic E-state index is 0.291. The average molecular weight is 268 g/mol. The summed E-state index contributed by atoms with van der Waals surface area (Å²) in [4.78, 5) is 12.1. The third-order valence-corrected chi connectivity index (χ3v) is 3.01. The summed E-state index contributed by atoms with van der Waals surface area (Å²) in [6.45, 7) is 1.42. The number of nitrogens with one attached hydrogen (secondary N) is 1. The molecule has 6 nitrogen and oxygen atoms in total. The van der Waals surface area contributed by atoms with E-state index in [-0.39, 0.29) is 5.91 Å². The van der Waals surface area contributed by atoms with Crippen molar-refractivity contribution in [1.29, 1.82) is 5.26 Å². The molecule has 1 amide bonds. The summed E-state index contributed by atoms with van der Waals surface area (Å²) in [5.41, 5.74) is 1.50. The molecule has 0 radical (unpaired) electrons. The van der Waals surface area contributed by atoms with Crippen molar-refractivity contribution in [3.8, 4) is 11.9 Å². The molecule has 0 saturated heterocycles. The quantitative estimate of drug-likeness (QED) is 0.900. The molecule has 0 spiro atoms. The van der Waals surface area contributed by atoms with Crippen LogP contribution in [0, 0.1) is 11.3 Å². The molecule has 1 aliphatic heterocycles. The Kier molecular flexibility index (Phi) is 3.09. The normalized spacial score (nSPS) is 12.9. The number of amides is 1. The summed E-state index contributed by atoms with van der Waals surface area (Å²) in [7, 11) is 0. The fourth-order valence-corrected chi connectivity index (χ4v) is 2.00. The van der Waals surface area contributed by atoms with Gasteiger partial charge in [0.2, 0.25) is 5.88 Å². The number of rotatable bonds is 2. The van der Waals surface area contributed by atoms with Crippen LogP contribution < -0.4 is 10.1 Å². The predicted octanol–water partition coefficient (Wildman–Crippen LogP) is 1.79. The Hall–Kier alpha value is -2.81. The Morgan fingerprint density at radius 2 is 2.20 bits per heavy atom. The fraction of sp³-hybridized carbons (Fsp3) is 0.214. The molecule has 0 saturated carbocycles. The maximum Gasteiger partial charge on any atom is 0.276 e. The molecule has 0 atom stereocenters. The van der Waals surface area contributed by atoms with E-state index in [9.17, 15) is 4.79 Å². The first kappa shape index (κ1) is 12.2. The minimum Gasteiger partial charge on any atom is -0.478 e. The highest BCUT2D eigenvalue weighted by molar-refractivity contribution is 6.03. The van der Waals surface area contributed by atoms with E-state index in [1.165, 1.54) is 0 Å². The number of benzene rings is 1. The second kappa shape index (κ2) is 5.05. The summed E-state index contributed by atoms with van der Waals surface area (Å²) in [6.07, 6.45) is 0.894. The Morgan fingerprint density at radius 3 is 2.90 bits per heavy atom. The van der Waals surface area contributed by atoms with E-state index in [0.29, 0.717) is 29.4 Å². The lowest BCUT2D eigenvalue weighted by Gasteiger charge is -2.13. The van der Waals surface area contributed by atoms with Crippen molar-refractivity contribution in [3.63, 3.8) is 0 Å². The van der Waals surface area contributed by atoms with Crippen LogP contribution in [0.1, 0.15) is 22.5 Å². The monoisotopic (exact) mass is 268 g/mol. The lowest BCUT2D eigenvalue weighted by Crippen LogP contribution is -2.16. The van der Waals surface area contributed by atoms with Crippen LogP contribution in [0.2, 0.25) is 0 Å². The number of aryl methyl sites for hydroxylation is 1. The van der Waals surface area contributed by atoms with E-state index in [1.807, 2.05) is 6.07 Å². The molecule has 0 fully saturated rings. The number of carbonyl (C=O) groups is 1. The van der Waals surface area contributed by atoms with Gasteiger partial charge in [0.05, 0.1) is 18.2 Å². The second-order valence-corrected chi connectivity index (χ2v) is 4.44. The molecular formula is C14H12N4O2. The SMILES string of the molecule is N#Cc1ccc(NC(=O)c2cc3n(n2)CCCO3)cc1. The van der Waals surface area contributed by atoms with Gasteiger partial charge in [0.1, 0.15) is 0 Å². The molecule has 100 valence electrons. The molecule has 1 aromatic heterocycles. The van der Waals surface area contributed by atoms with Crippen LogP contribution in [0.4, 0.5) is 5.69 Å². The van der Waals surface area contributed by atoms with Crippen LogP contribution in [0.25, 0.3) is 0 Å². The zero-order valence-corrected chi connectivity index (χ0v) is 10.7. The predicted molar refractivity (Wildman–Crippen MR) is 71.4 cm³/mol. The summed E-state index contributed by atoms with van der Waals surface area (Å²) < 4.78 is 7.11. The van der Waals surface area contributed by atoms with Gasteiger partial charge in [-0.1, -0.05) is 0 Å². The van der Waals surface area contributed by atoms with Crippen LogP contribution in [0.3, 0.4) is 0 Å². The van der Waals surface area contributed by atoms with Crippen LogP contribution in [0.15, 0.2) is 30.3 Å². The highest BCUT2D eigenvalue weighted by atomic mass is 16.5. The number of hydrogen-bond donors (Lipinski definition) is 1. The Morgan fingerprint density at radius 1 is 1.40 bits per heavy atom. The standard InChI is InChI=1S/C14H12N4O2/c15-9-10-2-4-11(5-3-10)16-14(19)12-8-13-18(17-12)6-1-7-20-13/h2-5,8H,1,6-7H2,(H,16,19). The van der Waals surface area contributed by atoms with Crippen LogP contribution in [-0.4, -0.2) is 22.3 Å². The third-order valence-electron chi connectivity index (χ3n) is 3.01. The van der Waals surface area contributed by atoms with Crippen molar-refractivity contribution in [2.24, 2.45) is 0 Å². The smallest absolute Gasteiger partial charge is 0.276 e. The molecule has 2 heterocycles. The van der Waals surface area contributed by atoms with E-state index in [0.717, 1.165) is 13.0 Å². The largest absolute Gasteiger partial charge is 0.478 e. The van der Waals surface area contributed by atoms with Gasteiger partial charge in [0.15, 0.2) is 5.69 Å². The summed E-state index contributed by atoms with van der Waals surface area (Å²) >= 11 is 0. The molecule has 2 aromatic rings. The first-order valence-electron chi connectivity index (χ1n) is 6.28. The van der Waals surface area contributed by atoms with Crippen molar-refractivity contribution in [2.75, 3.05) is 11.9 Å². The third kappa shape index (κ3) is 2.34. The Balaban J connectivity index is 1.75. The number of nitrogens with zero attached hydrogens (tertiary/aromatic N) is 3. The zero-order chi connectivity index (χ0) is 13.9. The molecule has 3 rings (SSSR count). The first-order chi connectivity index (χ1) is 9.76. The lowest BCUT2D eigenvalue weighted by atomic mass is 10.2. The number of aromatic nitrogens is 2. The van der Waals surface area contributed by atoms with Crippen molar-refractivity contribution >= 4 is 11.6 Å². The van der Waals surface area contributed by atoms with E-state index < -0.39 is 0 Å². The zero-order valence-electron chi connectivity index (χ0n) is 10.7. The van der Waals surface area contributed by atoms with Gasteiger partial charge in [-0.25, -0.2) is 4.68 Å². The first-order valence-corrected chi connectivity index (χ1v) is 6.28. The van der Waals surface area contributed by atoms with Gasteiger partial charge < -0.3 is 10.1 Å². The van der Waals surface area contributed by atoms with E-state index in [2.05, 4.69) is 10.4 Å². The van der Waals surface area contributed by atoms with Crippen molar-refractivity contribution in [2.45, 2.75) is 13.0 Å². The molecule has 1 aromatic carbocycles. The van der Waals surface area contributed by atoms with E-state index in [4.69, 9.17) is 10.00 Å². The van der Waals surface area contributed by atoms with Gasteiger partial charge in [-0.05, 0) is 24.3 Å². The van der Waals surface area contributed by atoms with Gasteiger partial charge >= 0.3 is 0 Å². The summed E-state index contributed by atoms with van der Waals surface area (Å²) in [5.74, 6) is 0.335. The highest BCUT2D eigenvalue weighted by Crippen LogP contribution is 2.19. The molecular weight excluding hydrogens is 256 g/mol. The molecule has 0 aliphatic carbocycles. The van der Waals surface area contributed by atoms with Crippen LogP contribution >= 0.6 is 0 Å². The van der Waals surface area contributed by atoms with Gasteiger partial charge in [0, 0.05) is 24.7 Å². The Labute approximate surface area is 115 Å². The van der Waals surface area contributed by atoms with Gasteiger partial charge in [-0.3, -0.25) is 4.79 Å². The van der Waals surface area contributed by atoms with E-state index >= 15 is 0 Å². The number of hydrogen-bond acceptors (Lipinski definition) is 4. The van der Waals surface area contributed by atoms with Gasteiger partial charge in [-0.15, -0.1) is 0 Å². The van der Waals surface area contributed by atoms with Crippen molar-refractivity contribution in [3.05, 3.63) is 41.6 Å². The molecule has 0 bridgehead atoms. The van der Waals surface area contributed by atoms with E-state index in [1.54, 1.807) is 35.0 Å². The van der Waals surface area contributed by atoms with Gasteiger partial charge in [0.25, 0.3) is 5.91 Å². The summed E-state index contributed by atoms with van der Waals surface area (Å²) in [6, 6.07) is 10.3. The second-order valence-electron chi connectivity index (χ2n) is 4.44. The molecule has 1 aliphatic rings. The molecule has 6 heteroatoms. The minimum atomic E-state index is -0.291. The fourth-order valence-electron chi connectivity index (χ4n) is 2.00. The maximum absolute atomic E-state index is 12.1. The molecule has 0 unspecified atom stereocenters. The number of anilines is 1. The average Bonchev–Trinajstić information content (AvgIpc) is 2.92. The molecule has 20 heavy (non-hydrogen) atoms. The maximum atomic E-state index is 12.1. The lowest BCUT2D eigenvalue weighted by molar-refractivity contribution is 0.102. The van der Waals surface area contributed by atoms with Crippen molar-refractivity contribution in [1.82, 2.24) is 9.78 Å². The van der Waals surface area contributed by atoms with Gasteiger partial charge in [-0.2, -0.15) is 10.4 Å². The topological polar surface area (TPSA) is 79.9 Å². The number of carbonyl (C=O) groups excluding carboxylic acids is 1. The number of ether oxygens (including phenoxy) is 1. The Bertz CT molecular complexity index is 659. The summed E-state index contributed by atoms with van der Waals surface area (Å²) in [5, 5.41) is 15.7. The van der Waals surface area contributed by atoms with Crippen LogP contribution in [-0.2, 0) is 6.54 Å². The van der Waals surface area contributed by atoms with Crippen LogP contribution in [0.5, 0.6) is 5.88 Å². The molecule has 1 N–H and O–H groups in total.